The number of nitrogens with zero attached hydrogens (tertiary/aromatic N) is 9. The van der Waals surface area contributed by atoms with Crippen molar-refractivity contribution in [3.05, 3.63) is 175 Å². The molecule has 11 aromatic rings. The van der Waals surface area contributed by atoms with Gasteiger partial charge in [-0.25, -0.2) is 9.97 Å². The number of aliphatic imine (C=N–C) groups is 1. The third kappa shape index (κ3) is 6.18. The molecule has 0 atom stereocenters. The Balaban J connectivity index is 0.942. The minimum atomic E-state index is 0.642. The molecule has 7 heterocycles. The molecule has 0 spiro atoms. The molecule has 0 aliphatic carbocycles. The zero-order valence-corrected chi connectivity index (χ0v) is 32.6. The number of pyridine rings is 2. The van der Waals surface area contributed by atoms with E-state index in [9.17, 15) is 0 Å². The zero-order chi connectivity index (χ0) is 40.3. The number of rotatable bonds is 8. The average molecular weight is 792 g/mol. The first-order valence-electron chi connectivity index (χ1n) is 20.1. The predicted octanol–water partition coefficient (Wildman–Crippen LogP) is 11.2. The van der Waals surface area contributed by atoms with E-state index in [1.54, 1.807) is 25.0 Å². The number of hydrogen-bond donors (Lipinski definition) is 0. The maximum Gasteiger partial charge on any atom is 0.169 e. The van der Waals surface area contributed by atoms with E-state index in [0.717, 1.165) is 96.7 Å². The Kier molecular flexibility index (Phi) is 8.08. The summed E-state index contributed by atoms with van der Waals surface area (Å²) in [5, 5.41) is 22.0. The molecule has 1 aliphatic rings. The summed E-state index contributed by atoms with van der Waals surface area (Å²) in [6.45, 7) is 0. The van der Waals surface area contributed by atoms with Crippen LogP contribution in [0, 0.1) is 0 Å². The highest BCUT2D eigenvalue weighted by Gasteiger charge is 2.19. The van der Waals surface area contributed by atoms with Crippen LogP contribution in [0.5, 0.6) is 0 Å². The van der Waals surface area contributed by atoms with Gasteiger partial charge in [-0.05, 0) is 139 Å². The lowest BCUT2D eigenvalue weighted by Gasteiger charge is -2.12. The fourth-order valence-corrected chi connectivity index (χ4v) is 8.39. The number of benzene rings is 5. The van der Waals surface area contributed by atoms with Gasteiger partial charge < -0.3 is 8.83 Å². The molecule has 0 saturated heterocycles. The highest BCUT2D eigenvalue weighted by atomic mass is 16.3. The molecule has 1 aliphatic heterocycles. The van der Waals surface area contributed by atoms with E-state index in [0.29, 0.717) is 23.3 Å². The molecule has 6 aromatic heterocycles. The number of hydrogen-bond acceptors (Lipinski definition) is 9. The molecular formula is C50H33N9O2. The highest BCUT2D eigenvalue weighted by Crippen LogP contribution is 2.38. The van der Waals surface area contributed by atoms with E-state index in [-0.39, 0.29) is 0 Å². The first-order valence-corrected chi connectivity index (χ1v) is 20.1. The number of aromatic nitrogens is 8. The van der Waals surface area contributed by atoms with Gasteiger partial charge in [0.25, 0.3) is 0 Å². The van der Waals surface area contributed by atoms with Crippen LogP contribution in [0.1, 0.15) is 29.5 Å². The van der Waals surface area contributed by atoms with E-state index < -0.39 is 0 Å². The molecule has 0 unspecified atom stereocenters. The number of fused-ring (bicyclic) bond motifs is 6. The molecule has 11 heteroatoms. The van der Waals surface area contributed by atoms with Gasteiger partial charge in [0.15, 0.2) is 11.6 Å². The van der Waals surface area contributed by atoms with Gasteiger partial charge in [0, 0.05) is 56.8 Å². The molecule has 0 bridgehead atoms. The fraction of sp³-hybridized carbons (Fsp3) is 0.0600. The largest absolute Gasteiger partial charge is 0.456 e. The molecule has 0 radical (unpaired) electrons. The molecule has 0 N–H and O–H groups in total. The summed E-state index contributed by atoms with van der Waals surface area (Å²) in [6, 6.07) is 43.5. The minimum absolute atomic E-state index is 0.642. The van der Waals surface area contributed by atoms with Crippen LogP contribution in [-0.2, 0) is 6.42 Å². The van der Waals surface area contributed by atoms with Gasteiger partial charge in [0.2, 0.25) is 0 Å². The molecule has 0 saturated carbocycles. The van der Waals surface area contributed by atoms with Gasteiger partial charge in [0.1, 0.15) is 46.6 Å². The first kappa shape index (κ1) is 34.7. The SMILES string of the molecule is C1=NC(c2ccc3oc4ccc(Cc5ccc6oc7ccc(-c8cc(-c9nncn9-c9ccccn9)cc(-c9nncn9-c9ccccn9)c8)cc7c6c5)cc4c3c2)=CCC1. The van der Waals surface area contributed by atoms with E-state index >= 15 is 0 Å². The van der Waals surface area contributed by atoms with Gasteiger partial charge in [-0.15, -0.1) is 20.4 Å². The molecule has 290 valence electrons. The van der Waals surface area contributed by atoms with Crippen LogP contribution in [0.25, 0.3) is 95.1 Å². The van der Waals surface area contributed by atoms with E-state index in [1.807, 2.05) is 57.8 Å². The Morgan fingerprint density at radius 2 is 1.00 bits per heavy atom. The van der Waals surface area contributed by atoms with Crippen molar-refractivity contribution in [2.24, 2.45) is 4.99 Å². The predicted molar refractivity (Wildman–Crippen MR) is 238 cm³/mol. The maximum atomic E-state index is 6.42. The zero-order valence-electron chi connectivity index (χ0n) is 32.6. The molecule has 0 amide bonds. The van der Waals surface area contributed by atoms with Crippen molar-refractivity contribution >= 4 is 55.8 Å². The summed E-state index contributed by atoms with van der Waals surface area (Å²) in [4.78, 5) is 13.8. The Labute approximate surface area is 348 Å². The van der Waals surface area contributed by atoms with Crippen LogP contribution in [0.2, 0.25) is 0 Å². The Bertz CT molecular complexity index is 3430. The summed E-state index contributed by atoms with van der Waals surface area (Å²) in [7, 11) is 0. The van der Waals surface area contributed by atoms with Crippen molar-refractivity contribution in [2.45, 2.75) is 19.3 Å². The third-order valence-electron chi connectivity index (χ3n) is 11.3. The van der Waals surface area contributed by atoms with Gasteiger partial charge in [0.05, 0.1) is 5.70 Å². The average Bonchev–Trinajstić information content (AvgIpc) is 4.15. The second-order valence-electron chi connectivity index (χ2n) is 15.2. The molecular weight excluding hydrogens is 759 g/mol. The van der Waals surface area contributed by atoms with E-state index in [2.05, 4.69) is 126 Å². The lowest BCUT2D eigenvalue weighted by molar-refractivity contribution is 0.668. The quantitative estimate of drug-likeness (QED) is 0.149. The van der Waals surface area contributed by atoms with Crippen molar-refractivity contribution in [1.82, 2.24) is 39.5 Å². The van der Waals surface area contributed by atoms with E-state index in [4.69, 9.17) is 8.83 Å². The summed E-state index contributed by atoms with van der Waals surface area (Å²) in [5.41, 5.74) is 11.5. The summed E-state index contributed by atoms with van der Waals surface area (Å²) in [5.74, 6) is 2.71. The van der Waals surface area contributed by atoms with Crippen LogP contribution >= 0.6 is 0 Å². The van der Waals surface area contributed by atoms with Gasteiger partial charge in [-0.3, -0.25) is 14.1 Å². The second-order valence-corrected chi connectivity index (χ2v) is 15.2. The topological polar surface area (TPSA) is 126 Å². The van der Waals surface area contributed by atoms with Crippen molar-refractivity contribution in [3.8, 4) is 45.5 Å². The minimum Gasteiger partial charge on any atom is -0.456 e. The molecule has 12 rings (SSSR count). The summed E-state index contributed by atoms with van der Waals surface area (Å²) < 4.78 is 16.4. The van der Waals surface area contributed by atoms with Crippen molar-refractivity contribution < 1.29 is 8.83 Å². The van der Waals surface area contributed by atoms with Gasteiger partial charge >= 0.3 is 0 Å². The van der Waals surface area contributed by atoms with E-state index in [1.165, 1.54) is 11.1 Å². The normalized spacial score (nSPS) is 12.9. The molecule has 0 fully saturated rings. The van der Waals surface area contributed by atoms with Crippen LogP contribution in [0.4, 0.5) is 0 Å². The second kappa shape index (κ2) is 14.2. The maximum absolute atomic E-state index is 6.42. The summed E-state index contributed by atoms with van der Waals surface area (Å²) >= 11 is 0. The fourth-order valence-electron chi connectivity index (χ4n) is 8.39. The molecule has 5 aromatic carbocycles. The highest BCUT2D eigenvalue weighted by molar-refractivity contribution is 6.07. The van der Waals surface area contributed by atoms with Gasteiger partial charge in [-0.1, -0.05) is 36.4 Å². The van der Waals surface area contributed by atoms with Crippen molar-refractivity contribution in [1.29, 1.82) is 0 Å². The van der Waals surface area contributed by atoms with Crippen LogP contribution in [0.15, 0.2) is 172 Å². The van der Waals surface area contributed by atoms with Crippen LogP contribution in [-0.4, -0.2) is 45.7 Å². The lowest BCUT2D eigenvalue weighted by atomic mass is 9.96. The standard InChI is InChI=1S/C50H33N9O2/c1-4-18-51-42(7-1)34-13-17-46-41(28-34)39-23-32(11-15-44(39)61-46)21-31-10-14-43-38(22-31)40-27-33(12-16-45(40)60-43)35-24-36(49-56-54-29-58(49)47-8-2-5-19-52-47)26-37(25-35)50-57-55-30-59(50)48-9-3-6-20-53-48/h2-3,5-20,22-30H,1,4,21H2. The monoisotopic (exact) mass is 791 g/mol. The molecule has 61 heavy (non-hydrogen) atoms. The lowest BCUT2D eigenvalue weighted by Crippen LogP contribution is -2.01. The summed E-state index contributed by atoms with van der Waals surface area (Å²) in [6.07, 6.45) is 13.8. The third-order valence-corrected chi connectivity index (χ3v) is 11.3. The first-order chi connectivity index (χ1) is 30.2. The molecule has 11 nitrogen and oxygen atoms in total. The van der Waals surface area contributed by atoms with Gasteiger partial charge in [-0.2, -0.15) is 0 Å². The number of allylic oxidation sites excluding steroid dienone is 1. The van der Waals surface area contributed by atoms with Crippen LogP contribution in [0.3, 0.4) is 0 Å². The Hall–Kier alpha value is -8.31. The van der Waals surface area contributed by atoms with Crippen LogP contribution < -0.4 is 0 Å². The Morgan fingerprint density at radius 1 is 0.475 bits per heavy atom. The van der Waals surface area contributed by atoms with Crippen molar-refractivity contribution in [2.75, 3.05) is 0 Å². The Morgan fingerprint density at radius 3 is 1.54 bits per heavy atom. The number of furan rings is 2. The van der Waals surface area contributed by atoms with Crippen molar-refractivity contribution in [3.63, 3.8) is 0 Å². The smallest absolute Gasteiger partial charge is 0.169 e.